The fourth-order valence-corrected chi connectivity index (χ4v) is 5.95. The van der Waals surface area contributed by atoms with Crippen molar-refractivity contribution in [3.8, 4) is 11.5 Å². The lowest BCUT2D eigenvalue weighted by Crippen LogP contribution is -2.52. The highest BCUT2D eigenvalue weighted by molar-refractivity contribution is 7.10. The molecule has 178 valence electrons. The summed E-state index contributed by atoms with van der Waals surface area (Å²) in [4.78, 5) is 21.3. The molecule has 0 bridgehead atoms. The molecule has 7 heteroatoms. The van der Waals surface area contributed by atoms with Gasteiger partial charge in [-0.05, 0) is 53.3 Å². The Kier molecular flexibility index (Phi) is 6.74. The predicted molar refractivity (Wildman–Crippen MR) is 136 cm³/mol. The van der Waals surface area contributed by atoms with E-state index in [4.69, 9.17) is 9.47 Å². The second-order valence-corrected chi connectivity index (χ2v) is 9.73. The maximum Gasteiger partial charge on any atom is 0.236 e. The summed E-state index contributed by atoms with van der Waals surface area (Å²) < 4.78 is 11.1. The van der Waals surface area contributed by atoms with Crippen molar-refractivity contribution in [2.75, 3.05) is 58.4 Å². The monoisotopic (exact) mass is 477 g/mol. The number of thiophene rings is 1. The van der Waals surface area contributed by atoms with Crippen molar-refractivity contribution in [2.24, 2.45) is 0 Å². The molecule has 2 aromatic carbocycles. The molecular weight excluding hydrogens is 446 g/mol. The molecule has 0 aliphatic carbocycles. The van der Waals surface area contributed by atoms with E-state index in [9.17, 15) is 4.79 Å². The van der Waals surface area contributed by atoms with Gasteiger partial charge in [0.05, 0.1) is 26.8 Å². The number of para-hydroxylation sites is 1. The first-order valence-corrected chi connectivity index (χ1v) is 12.7. The van der Waals surface area contributed by atoms with Crippen LogP contribution in [0.4, 0.5) is 5.69 Å². The van der Waals surface area contributed by atoms with Crippen LogP contribution in [0.25, 0.3) is 0 Å². The highest BCUT2D eigenvalue weighted by Crippen LogP contribution is 2.42. The lowest BCUT2D eigenvalue weighted by Gasteiger charge is -2.40. The number of carbonyl (C=O) groups excluding carboxylic acids is 1. The molecule has 1 saturated heterocycles. The number of carbonyl (C=O) groups is 1. The molecule has 1 atom stereocenters. The Labute approximate surface area is 205 Å². The van der Waals surface area contributed by atoms with Crippen LogP contribution >= 0.6 is 11.3 Å². The fourth-order valence-electron chi connectivity index (χ4n) is 5.07. The predicted octanol–water partition coefficient (Wildman–Crippen LogP) is 4.06. The third kappa shape index (κ3) is 4.50. The number of anilines is 1. The van der Waals surface area contributed by atoms with Gasteiger partial charge in [-0.1, -0.05) is 24.3 Å². The zero-order valence-corrected chi connectivity index (χ0v) is 20.6. The minimum absolute atomic E-state index is 0.0399. The molecule has 6 nitrogen and oxygen atoms in total. The summed E-state index contributed by atoms with van der Waals surface area (Å²) in [7, 11) is 3.34. The number of rotatable bonds is 6. The Morgan fingerprint density at radius 1 is 0.941 bits per heavy atom. The number of benzene rings is 2. The average molecular weight is 478 g/mol. The molecule has 1 aromatic heterocycles. The van der Waals surface area contributed by atoms with Crippen LogP contribution in [0, 0.1) is 0 Å². The van der Waals surface area contributed by atoms with Gasteiger partial charge in [-0.15, -0.1) is 11.3 Å². The summed E-state index contributed by atoms with van der Waals surface area (Å²) in [6.07, 6.45) is 0.882. The first kappa shape index (κ1) is 22.7. The van der Waals surface area contributed by atoms with Crippen LogP contribution in [-0.4, -0.2) is 69.2 Å². The van der Waals surface area contributed by atoms with Crippen LogP contribution in [0.5, 0.6) is 11.5 Å². The molecule has 0 spiro atoms. The Balaban J connectivity index is 1.33. The van der Waals surface area contributed by atoms with Crippen molar-refractivity contribution < 1.29 is 14.3 Å². The van der Waals surface area contributed by atoms with Gasteiger partial charge < -0.3 is 19.3 Å². The average Bonchev–Trinajstić information content (AvgIpc) is 3.43. The second-order valence-electron chi connectivity index (χ2n) is 8.75. The van der Waals surface area contributed by atoms with Crippen molar-refractivity contribution in [1.29, 1.82) is 0 Å². The molecule has 2 aliphatic rings. The van der Waals surface area contributed by atoms with E-state index < -0.39 is 0 Å². The number of piperazine rings is 1. The number of hydrogen-bond acceptors (Lipinski definition) is 6. The molecule has 0 radical (unpaired) electrons. The molecule has 0 N–H and O–H groups in total. The number of nitrogens with zero attached hydrogens (tertiary/aromatic N) is 3. The standard InChI is InChI=1S/C27H31N3O3S/c1-32-23-17-20-10-11-30(27(25-9-6-16-34-25)22(20)18-24(23)33-2)19-26(31)29-14-12-28(13-15-29)21-7-4-3-5-8-21/h3-9,16-18,27H,10-15,19H2,1-2H3/t27-/m1/s1. The van der Waals surface area contributed by atoms with Gasteiger partial charge in [0, 0.05) is 43.3 Å². The lowest BCUT2D eigenvalue weighted by molar-refractivity contribution is -0.133. The summed E-state index contributed by atoms with van der Waals surface area (Å²) >= 11 is 1.74. The maximum absolute atomic E-state index is 13.4. The van der Waals surface area contributed by atoms with Crippen molar-refractivity contribution in [2.45, 2.75) is 12.5 Å². The molecule has 34 heavy (non-hydrogen) atoms. The summed E-state index contributed by atoms with van der Waals surface area (Å²) in [6, 6.07) is 18.9. The van der Waals surface area contributed by atoms with Crippen LogP contribution in [-0.2, 0) is 11.2 Å². The normalized spacial score (nSPS) is 18.5. The molecule has 3 heterocycles. The van der Waals surface area contributed by atoms with E-state index >= 15 is 0 Å². The number of amides is 1. The van der Waals surface area contributed by atoms with Crippen LogP contribution in [0.15, 0.2) is 60.0 Å². The molecule has 3 aromatic rings. The minimum Gasteiger partial charge on any atom is -0.493 e. The smallest absolute Gasteiger partial charge is 0.236 e. The van der Waals surface area contributed by atoms with Gasteiger partial charge >= 0.3 is 0 Å². The third-order valence-electron chi connectivity index (χ3n) is 6.88. The van der Waals surface area contributed by atoms with E-state index in [1.807, 2.05) is 11.0 Å². The van der Waals surface area contributed by atoms with Crippen molar-refractivity contribution >= 4 is 22.9 Å². The number of fused-ring (bicyclic) bond motifs is 1. The molecular formula is C27H31N3O3S. The Bertz CT molecular complexity index is 1110. The first-order chi connectivity index (χ1) is 16.7. The van der Waals surface area contributed by atoms with Gasteiger partial charge in [0.25, 0.3) is 0 Å². The minimum atomic E-state index is 0.0399. The van der Waals surface area contributed by atoms with Gasteiger partial charge in [-0.3, -0.25) is 9.69 Å². The topological polar surface area (TPSA) is 45.3 Å². The summed E-state index contributed by atoms with van der Waals surface area (Å²) in [5, 5.41) is 2.10. The van der Waals surface area contributed by atoms with Crippen LogP contribution < -0.4 is 14.4 Å². The third-order valence-corrected chi connectivity index (χ3v) is 7.80. The van der Waals surface area contributed by atoms with E-state index in [0.29, 0.717) is 6.54 Å². The molecule has 5 rings (SSSR count). The van der Waals surface area contributed by atoms with E-state index in [2.05, 4.69) is 63.7 Å². The zero-order valence-electron chi connectivity index (χ0n) is 19.8. The van der Waals surface area contributed by atoms with Crippen molar-refractivity contribution in [1.82, 2.24) is 9.80 Å². The van der Waals surface area contributed by atoms with E-state index in [-0.39, 0.29) is 11.9 Å². The number of hydrogen-bond donors (Lipinski definition) is 0. The quantitative estimate of drug-likeness (QED) is 0.536. The molecule has 0 unspecified atom stereocenters. The number of ether oxygens (including phenoxy) is 2. The van der Waals surface area contributed by atoms with Gasteiger partial charge in [0.15, 0.2) is 11.5 Å². The van der Waals surface area contributed by atoms with E-state index in [0.717, 1.165) is 50.6 Å². The zero-order chi connectivity index (χ0) is 23.5. The Morgan fingerprint density at radius 2 is 1.68 bits per heavy atom. The summed E-state index contributed by atoms with van der Waals surface area (Å²) in [5.74, 6) is 1.69. The maximum atomic E-state index is 13.4. The molecule has 1 fully saturated rings. The fraction of sp³-hybridized carbons (Fsp3) is 0.370. The Morgan fingerprint density at radius 3 is 2.35 bits per heavy atom. The van der Waals surface area contributed by atoms with Crippen LogP contribution in [0.1, 0.15) is 22.0 Å². The van der Waals surface area contributed by atoms with E-state index in [1.165, 1.54) is 21.7 Å². The van der Waals surface area contributed by atoms with Crippen LogP contribution in [0.3, 0.4) is 0 Å². The molecule has 2 aliphatic heterocycles. The first-order valence-electron chi connectivity index (χ1n) is 11.8. The SMILES string of the molecule is COc1cc2c(cc1OC)[C@H](c1cccs1)N(CC(=O)N1CCN(c3ccccc3)CC1)CC2. The van der Waals surface area contributed by atoms with Crippen molar-refractivity contribution in [3.05, 3.63) is 76.0 Å². The van der Waals surface area contributed by atoms with Gasteiger partial charge in [0.2, 0.25) is 5.91 Å². The largest absolute Gasteiger partial charge is 0.493 e. The summed E-state index contributed by atoms with van der Waals surface area (Å²) in [6.45, 7) is 4.50. The van der Waals surface area contributed by atoms with Gasteiger partial charge in [-0.2, -0.15) is 0 Å². The molecule has 1 amide bonds. The van der Waals surface area contributed by atoms with Gasteiger partial charge in [-0.25, -0.2) is 0 Å². The highest BCUT2D eigenvalue weighted by Gasteiger charge is 2.33. The summed E-state index contributed by atoms with van der Waals surface area (Å²) in [5.41, 5.74) is 3.69. The second kappa shape index (κ2) is 10.1. The highest BCUT2D eigenvalue weighted by atomic mass is 32.1. The van der Waals surface area contributed by atoms with Gasteiger partial charge in [0.1, 0.15) is 0 Å². The van der Waals surface area contributed by atoms with Crippen LogP contribution in [0.2, 0.25) is 0 Å². The lowest BCUT2D eigenvalue weighted by atomic mass is 9.90. The van der Waals surface area contributed by atoms with E-state index in [1.54, 1.807) is 25.6 Å². The molecule has 0 saturated carbocycles. The van der Waals surface area contributed by atoms with Crippen molar-refractivity contribution in [3.63, 3.8) is 0 Å². The Hall–Kier alpha value is -3.03. The number of methoxy groups -OCH3 is 2.